The Bertz CT molecular complexity index is 1930. The summed E-state index contributed by atoms with van der Waals surface area (Å²) < 4.78 is 5.56. The number of aryl methyl sites for hydroxylation is 4. The fourth-order valence-corrected chi connectivity index (χ4v) is 7.67. The van der Waals surface area contributed by atoms with E-state index in [0.29, 0.717) is 0 Å². The molecule has 0 atom stereocenters. The number of hydrogen-bond donors (Lipinski definition) is 2. The van der Waals surface area contributed by atoms with E-state index in [-0.39, 0.29) is 0 Å². The van der Waals surface area contributed by atoms with E-state index in [4.69, 9.17) is 14.7 Å². The zero-order chi connectivity index (χ0) is 32.7. The molecule has 0 radical (unpaired) electrons. The van der Waals surface area contributed by atoms with Crippen molar-refractivity contribution < 1.29 is 4.74 Å². The Morgan fingerprint density at radius 1 is 0.543 bits per heavy atom. The topological polar surface area (TPSA) is 66.6 Å². The second-order valence-corrected chi connectivity index (χ2v) is 12.4. The molecule has 0 unspecified atom stereocenters. The number of H-pyrrole nitrogens is 2. The lowest BCUT2D eigenvalue weighted by molar-refractivity contribution is 0.415. The van der Waals surface area contributed by atoms with Gasteiger partial charge in [0.25, 0.3) is 0 Å². The molecular weight excluding hydrogens is 564 g/mol. The quantitative estimate of drug-likeness (QED) is 0.208. The van der Waals surface area contributed by atoms with Gasteiger partial charge in [0.1, 0.15) is 5.75 Å². The Labute approximate surface area is 273 Å². The van der Waals surface area contributed by atoms with Crippen LogP contribution in [-0.2, 0) is 12.8 Å². The fraction of sp³-hybridized carbons (Fsp3) is 0.366. The first kappa shape index (κ1) is 31.6. The van der Waals surface area contributed by atoms with Crippen LogP contribution in [0.4, 0.5) is 0 Å². The molecule has 0 spiro atoms. The van der Waals surface area contributed by atoms with Gasteiger partial charge in [-0.15, -0.1) is 0 Å². The lowest BCUT2D eigenvalue weighted by atomic mass is 9.90. The van der Waals surface area contributed by atoms with Crippen LogP contribution in [0.2, 0.25) is 0 Å². The van der Waals surface area contributed by atoms with E-state index in [1.54, 1.807) is 7.11 Å². The number of ether oxygens (including phenoxy) is 1. The molecule has 4 aromatic rings. The summed E-state index contributed by atoms with van der Waals surface area (Å²) in [7, 11) is 1.72. The number of allylic oxidation sites excluding steroid dienone is 4. The van der Waals surface area contributed by atoms with Gasteiger partial charge in [0.15, 0.2) is 0 Å². The molecule has 5 heterocycles. The third-order valence-electron chi connectivity index (χ3n) is 10.1. The standard InChI is InChI=1S/C41H48N4O/c1-10-27-23(7)33-20-37-29(12-3)31(14-5)40(44-37)39(25-16-18-26(46-9)19-17-25)41-32(15-6)30(13-4)38(45-41)21-34-24(8)28(11-2)36(43-34)22-35(27)42-33/h16-22,42-43H,10-15H2,1-9H3. The number of aromatic amines is 2. The summed E-state index contributed by atoms with van der Waals surface area (Å²) in [6, 6.07) is 15.3. The van der Waals surface area contributed by atoms with Crippen molar-refractivity contribution in [2.24, 2.45) is 0 Å². The number of benzene rings is 1. The van der Waals surface area contributed by atoms with E-state index in [1.165, 1.54) is 55.6 Å². The maximum atomic E-state index is 5.56. The van der Waals surface area contributed by atoms with Crippen molar-refractivity contribution in [1.82, 2.24) is 19.9 Å². The molecule has 5 nitrogen and oxygen atoms in total. The molecule has 3 aromatic heterocycles. The van der Waals surface area contributed by atoms with E-state index in [0.717, 1.165) is 89.2 Å². The van der Waals surface area contributed by atoms with Crippen LogP contribution in [0.25, 0.3) is 55.5 Å². The molecule has 238 valence electrons. The summed E-state index contributed by atoms with van der Waals surface area (Å²) in [6.07, 6.45) is 5.53. The molecule has 0 saturated heterocycles. The van der Waals surface area contributed by atoms with E-state index in [9.17, 15) is 0 Å². The van der Waals surface area contributed by atoms with Gasteiger partial charge in [-0.3, -0.25) is 0 Å². The highest BCUT2D eigenvalue weighted by Crippen LogP contribution is 2.45. The minimum absolute atomic E-state index is 0.841. The predicted molar refractivity (Wildman–Crippen MR) is 196 cm³/mol. The maximum absolute atomic E-state index is 5.56. The van der Waals surface area contributed by atoms with Crippen LogP contribution < -0.4 is 4.74 Å². The normalized spacial score (nSPS) is 13.2. The first-order valence-electron chi connectivity index (χ1n) is 17.2. The second-order valence-electron chi connectivity index (χ2n) is 12.4. The molecule has 0 amide bonds. The van der Waals surface area contributed by atoms with Crippen LogP contribution in [0.1, 0.15) is 112 Å². The maximum Gasteiger partial charge on any atom is 0.118 e. The van der Waals surface area contributed by atoms with Crippen molar-refractivity contribution in [2.45, 2.75) is 93.9 Å². The van der Waals surface area contributed by atoms with Crippen LogP contribution in [-0.4, -0.2) is 27.0 Å². The van der Waals surface area contributed by atoms with E-state index >= 15 is 0 Å². The number of methoxy groups -OCH3 is 1. The van der Waals surface area contributed by atoms with Crippen molar-refractivity contribution in [3.8, 4) is 16.9 Å². The van der Waals surface area contributed by atoms with Crippen LogP contribution in [0.15, 0.2) is 42.5 Å². The van der Waals surface area contributed by atoms with Gasteiger partial charge >= 0.3 is 0 Å². The van der Waals surface area contributed by atoms with Gasteiger partial charge in [-0.25, -0.2) is 9.97 Å². The monoisotopic (exact) mass is 612 g/mol. The first-order chi connectivity index (χ1) is 22.3. The number of hydrogen-bond acceptors (Lipinski definition) is 3. The molecule has 8 bridgehead atoms. The fourth-order valence-electron chi connectivity index (χ4n) is 7.67. The van der Waals surface area contributed by atoms with Gasteiger partial charge in [0, 0.05) is 27.6 Å². The molecule has 0 saturated carbocycles. The molecule has 0 aliphatic carbocycles. The lowest BCUT2D eigenvalue weighted by Crippen LogP contribution is -1.95. The summed E-state index contributed by atoms with van der Waals surface area (Å²) in [6.45, 7) is 18.0. The third kappa shape index (κ3) is 5.10. The van der Waals surface area contributed by atoms with Crippen LogP contribution in [0.3, 0.4) is 0 Å². The summed E-state index contributed by atoms with van der Waals surface area (Å²) in [5, 5.41) is 0. The zero-order valence-electron chi connectivity index (χ0n) is 29.1. The van der Waals surface area contributed by atoms with Gasteiger partial charge in [0.2, 0.25) is 0 Å². The summed E-state index contributed by atoms with van der Waals surface area (Å²) >= 11 is 0. The Morgan fingerprint density at radius 2 is 0.978 bits per heavy atom. The lowest BCUT2D eigenvalue weighted by Gasteiger charge is -2.13. The number of aromatic nitrogens is 4. The zero-order valence-corrected chi connectivity index (χ0v) is 29.1. The SMILES string of the molecule is CCC1=C(CC)c2nc1cc1[nH]c(cc3[nH]c(cc4nc(c2-c2ccc(OC)cc2)C(CC)=C4CC)c(C)c3CC)c(CC)c1C. The van der Waals surface area contributed by atoms with Crippen molar-refractivity contribution in [2.75, 3.05) is 7.11 Å². The molecule has 46 heavy (non-hydrogen) atoms. The number of fused-ring (bicyclic) bond motifs is 8. The van der Waals surface area contributed by atoms with Crippen molar-refractivity contribution in [3.63, 3.8) is 0 Å². The summed E-state index contributed by atoms with van der Waals surface area (Å²) in [4.78, 5) is 18.7. The molecule has 2 aliphatic rings. The van der Waals surface area contributed by atoms with Crippen LogP contribution in [0.5, 0.6) is 5.75 Å². The van der Waals surface area contributed by atoms with E-state index in [2.05, 4.69) is 108 Å². The Kier molecular flexibility index (Phi) is 8.78. The highest BCUT2D eigenvalue weighted by atomic mass is 16.5. The molecule has 2 N–H and O–H groups in total. The van der Waals surface area contributed by atoms with Crippen molar-refractivity contribution >= 4 is 44.4 Å². The molecular formula is C41H48N4O. The molecule has 2 aliphatic heterocycles. The average molecular weight is 613 g/mol. The minimum Gasteiger partial charge on any atom is -0.497 e. The molecule has 0 fully saturated rings. The van der Waals surface area contributed by atoms with Crippen molar-refractivity contribution in [1.29, 1.82) is 0 Å². The largest absolute Gasteiger partial charge is 0.497 e. The van der Waals surface area contributed by atoms with Crippen LogP contribution in [0, 0.1) is 13.8 Å². The van der Waals surface area contributed by atoms with E-state index < -0.39 is 0 Å². The highest BCUT2D eigenvalue weighted by molar-refractivity contribution is 6.03. The van der Waals surface area contributed by atoms with Gasteiger partial charge in [0.05, 0.1) is 29.9 Å². The minimum atomic E-state index is 0.841. The third-order valence-corrected chi connectivity index (χ3v) is 10.1. The number of rotatable bonds is 8. The molecule has 1 aromatic carbocycles. The van der Waals surface area contributed by atoms with Gasteiger partial charge in [-0.05, 0) is 133 Å². The number of nitrogens with one attached hydrogen (secondary N) is 2. The Hall–Kier alpha value is -4.38. The van der Waals surface area contributed by atoms with Gasteiger partial charge in [-0.2, -0.15) is 0 Å². The predicted octanol–water partition coefficient (Wildman–Crippen LogP) is 11.2. The molecule has 5 heteroatoms. The Balaban J connectivity index is 1.89. The van der Waals surface area contributed by atoms with Gasteiger partial charge < -0.3 is 14.7 Å². The second kappa shape index (κ2) is 12.8. The first-order valence-corrected chi connectivity index (χ1v) is 17.2. The van der Waals surface area contributed by atoms with Crippen molar-refractivity contribution in [3.05, 3.63) is 87.5 Å². The molecule has 6 rings (SSSR count). The highest BCUT2D eigenvalue weighted by Gasteiger charge is 2.28. The smallest absolute Gasteiger partial charge is 0.118 e. The summed E-state index contributed by atoms with van der Waals surface area (Å²) in [5.41, 5.74) is 21.5. The van der Waals surface area contributed by atoms with E-state index in [1.807, 2.05) is 0 Å². The van der Waals surface area contributed by atoms with Gasteiger partial charge in [-0.1, -0.05) is 53.7 Å². The van der Waals surface area contributed by atoms with Crippen LogP contribution >= 0.6 is 0 Å². The average Bonchev–Trinajstić information content (AvgIpc) is 3.77. The summed E-state index contributed by atoms with van der Waals surface area (Å²) in [5.74, 6) is 0.841. The Morgan fingerprint density at radius 3 is 1.35 bits per heavy atom. The number of nitrogens with zero attached hydrogens (tertiary/aromatic N) is 2.